The summed E-state index contributed by atoms with van der Waals surface area (Å²) in [6.07, 6.45) is 2.62. The maximum absolute atomic E-state index is 12.3. The zero-order valence-corrected chi connectivity index (χ0v) is 15.0. The molecule has 0 aromatic heterocycles. The lowest BCUT2D eigenvalue weighted by Gasteiger charge is -2.25. The van der Waals surface area contributed by atoms with Gasteiger partial charge in [0.15, 0.2) is 0 Å². The summed E-state index contributed by atoms with van der Waals surface area (Å²) in [6, 6.07) is 6.56. The summed E-state index contributed by atoms with van der Waals surface area (Å²) < 4.78 is 26.1. The van der Waals surface area contributed by atoms with E-state index in [0.717, 1.165) is 0 Å². The smallest absolute Gasteiger partial charge is 0.306 e. The number of nitrogens with one attached hydrogen (secondary N) is 2. The first-order valence-corrected chi connectivity index (χ1v) is 10.1. The number of anilines is 2. The van der Waals surface area contributed by atoms with Crippen molar-refractivity contribution in [1.82, 2.24) is 0 Å². The second kappa shape index (κ2) is 8.33. The average Bonchev–Trinajstić information content (AvgIpc) is 2.54. The molecule has 2 rings (SSSR count). The molecule has 3 N–H and O–H groups in total. The largest absolute Gasteiger partial charge is 0.481 e. The molecule has 1 aliphatic carbocycles. The summed E-state index contributed by atoms with van der Waals surface area (Å²) in [7, 11) is -3.38. The Hall–Kier alpha value is -2.09. The number of amides is 1. The molecule has 0 bridgehead atoms. The van der Waals surface area contributed by atoms with E-state index in [0.29, 0.717) is 43.5 Å². The molecule has 1 saturated carbocycles. The standard InChI is InChI=1S/C17H24N2O5S/c1-2-10-25(23,24)19-15-5-3-4-14(11-15)18-16(20)12-6-8-13(9-7-12)17(21)22/h3-5,11-13,19H,2,6-10H2,1H3,(H,18,20)(H,21,22). The fraction of sp³-hybridized carbons (Fsp3) is 0.529. The van der Waals surface area contributed by atoms with Gasteiger partial charge >= 0.3 is 5.97 Å². The first kappa shape index (κ1) is 19.2. The predicted octanol–water partition coefficient (Wildman–Crippen LogP) is 2.67. The summed E-state index contributed by atoms with van der Waals surface area (Å²) in [5, 5.41) is 11.8. The molecule has 1 fully saturated rings. The van der Waals surface area contributed by atoms with Crippen LogP contribution in [0.25, 0.3) is 0 Å². The molecule has 25 heavy (non-hydrogen) atoms. The Kier molecular flexibility index (Phi) is 6.41. The SMILES string of the molecule is CCCS(=O)(=O)Nc1cccc(NC(=O)C2CCC(C(=O)O)CC2)c1. The first-order valence-electron chi connectivity index (χ1n) is 8.45. The maximum Gasteiger partial charge on any atom is 0.306 e. The van der Waals surface area contributed by atoms with Gasteiger partial charge < -0.3 is 10.4 Å². The van der Waals surface area contributed by atoms with E-state index in [2.05, 4.69) is 10.0 Å². The quantitative estimate of drug-likeness (QED) is 0.685. The Labute approximate surface area is 147 Å². The molecule has 0 unspecified atom stereocenters. The molecule has 0 radical (unpaired) electrons. The van der Waals surface area contributed by atoms with E-state index < -0.39 is 16.0 Å². The number of carboxylic acids is 1. The zero-order valence-electron chi connectivity index (χ0n) is 14.2. The van der Waals surface area contributed by atoms with Crippen molar-refractivity contribution in [2.24, 2.45) is 11.8 Å². The average molecular weight is 368 g/mol. The normalized spacial score (nSPS) is 20.7. The van der Waals surface area contributed by atoms with Gasteiger partial charge in [-0.05, 0) is 50.3 Å². The Morgan fingerprint density at radius 3 is 2.32 bits per heavy atom. The Morgan fingerprint density at radius 2 is 1.72 bits per heavy atom. The van der Waals surface area contributed by atoms with Crippen LogP contribution in [0.15, 0.2) is 24.3 Å². The molecule has 0 spiro atoms. The molecular weight excluding hydrogens is 344 g/mol. The minimum atomic E-state index is -3.38. The Bertz CT molecular complexity index is 724. The summed E-state index contributed by atoms with van der Waals surface area (Å²) in [6.45, 7) is 1.79. The highest BCUT2D eigenvalue weighted by atomic mass is 32.2. The van der Waals surface area contributed by atoms with Crippen molar-refractivity contribution in [2.75, 3.05) is 15.8 Å². The number of carbonyl (C=O) groups excluding carboxylic acids is 1. The van der Waals surface area contributed by atoms with Gasteiger partial charge in [-0.2, -0.15) is 0 Å². The van der Waals surface area contributed by atoms with E-state index in [1.807, 2.05) is 0 Å². The van der Waals surface area contributed by atoms with E-state index >= 15 is 0 Å². The number of hydrogen-bond acceptors (Lipinski definition) is 4. The van der Waals surface area contributed by atoms with Gasteiger partial charge in [0.2, 0.25) is 15.9 Å². The van der Waals surface area contributed by atoms with Crippen molar-refractivity contribution in [3.05, 3.63) is 24.3 Å². The highest BCUT2D eigenvalue weighted by molar-refractivity contribution is 7.92. The number of benzene rings is 1. The topological polar surface area (TPSA) is 113 Å². The zero-order chi connectivity index (χ0) is 18.4. The molecule has 0 saturated heterocycles. The van der Waals surface area contributed by atoms with Gasteiger partial charge in [0, 0.05) is 11.6 Å². The van der Waals surface area contributed by atoms with Crippen molar-refractivity contribution >= 4 is 33.3 Å². The fourth-order valence-corrected chi connectivity index (χ4v) is 4.13. The lowest BCUT2D eigenvalue weighted by Crippen LogP contribution is -2.29. The minimum absolute atomic E-state index is 0.0381. The van der Waals surface area contributed by atoms with Crippen LogP contribution in [0.2, 0.25) is 0 Å². The van der Waals surface area contributed by atoms with Gasteiger partial charge in [0.25, 0.3) is 0 Å². The molecule has 1 amide bonds. The lowest BCUT2D eigenvalue weighted by atomic mass is 9.81. The predicted molar refractivity (Wildman–Crippen MR) is 95.9 cm³/mol. The summed E-state index contributed by atoms with van der Waals surface area (Å²) >= 11 is 0. The van der Waals surface area contributed by atoms with Gasteiger partial charge in [-0.25, -0.2) is 8.42 Å². The number of aliphatic carboxylic acids is 1. The van der Waals surface area contributed by atoms with E-state index in [-0.39, 0.29) is 23.5 Å². The molecule has 0 aliphatic heterocycles. The molecule has 1 aromatic rings. The molecule has 1 aromatic carbocycles. The van der Waals surface area contributed by atoms with E-state index in [1.54, 1.807) is 31.2 Å². The molecular formula is C17H24N2O5S. The third-order valence-corrected chi connectivity index (χ3v) is 5.82. The highest BCUT2D eigenvalue weighted by Gasteiger charge is 2.29. The number of rotatable bonds is 7. The third-order valence-electron chi connectivity index (χ3n) is 4.32. The van der Waals surface area contributed by atoms with E-state index in [4.69, 9.17) is 5.11 Å². The molecule has 8 heteroatoms. The summed E-state index contributed by atoms with van der Waals surface area (Å²) in [5.74, 6) is -1.49. The Morgan fingerprint density at radius 1 is 1.12 bits per heavy atom. The second-order valence-corrected chi connectivity index (χ2v) is 8.22. The van der Waals surface area contributed by atoms with Crippen molar-refractivity contribution in [1.29, 1.82) is 0 Å². The van der Waals surface area contributed by atoms with Crippen LogP contribution < -0.4 is 10.0 Å². The van der Waals surface area contributed by atoms with Crippen molar-refractivity contribution < 1.29 is 23.1 Å². The number of carbonyl (C=O) groups is 2. The van der Waals surface area contributed by atoms with E-state index in [9.17, 15) is 18.0 Å². The number of sulfonamides is 1. The van der Waals surface area contributed by atoms with Gasteiger partial charge in [-0.15, -0.1) is 0 Å². The van der Waals surface area contributed by atoms with Gasteiger partial charge in [0.1, 0.15) is 0 Å². The molecule has 0 heterocycles. The van der Waals surface area contributed by atoms with Crippen LogP contribution in [-0.2, 0) is 19.6 Å². The molecule has 7 nitrogen and oxygen atoms in total. The monoisotopic (exact) mass is 368 g/mol. The first-order chi connectivity index (χ1) is 11.8. The molecule has 138 valence electrons. The van der Waals surface area contributed by atoms with E-state index in [1.165, 1.54) is 0 Å². The van der Waals surface area contributed by atoms with Crippen LogP contribution in [-0.4, -0.2) is 31.2 Å². The van der Waals surface area contributed by atoms with Crippen molar-refractivity contribution in [2.45, 2.75) is 39.0 Å². The van der Waals surface area contributed by atoms with Crippen molar-refractivity contribution in [3.63, 3.8) is 0 Å². The maximum atomic E-state index is 12.3. The van der Waals surface area contributed by atoms with Crippen molar-refractivity contribution in [3.8, 4) is 0 Å². The number of hydrogen-bond donors (Lipinski definition) is 3. The highest BCUT2D eigenvalue weighted by Crippen LogP contribution is 2.30. The van der Waals surface area contributed by atoms with Crippen LogP contribution in [0.5, 0.6) is 0 Å². The van der Waals surface area contributed by atoms with Crippen LogP contribution in [0.4, 0.5) is 11.4 Å². The number of carboxylic acid groups (broad SMARTS) is 1. The molecule has 0 atom stereocenters. The minimum Gasteiger partial charge on any atom is -0.481 e. The van der Waals surface area contributed by atoms with Gasteiger partial charge in [-0.3, -0.25) is 14.3 Å². The van der Waals surface area contributed by atoms with Crippen LogP contribution >= 0.6 is 0 Å². The van der Waals surface area contributed by atoms with Gasteiger partial charge in [0.05, 0.1) is 17.4 Å². The van der Waals surface area contributed by atoms with Crippen LogP contribution in [0.3, 0.4) is 0 Å². The van der Waals surface area contributed by atoms with Gasteiger partial charge in [-0.1, -0.05) is 13.0 Å². The summed E-state index contributed by atoms with van der Waals surface area (Å²) in [5.41, 5.74) is 0.919. The lowest BCUT2D eigenvalue weighted by molar-refractivity contribution is -0.143. The third kappa shape index (κ3) is 5.74. The Balaban J connectivity index is 1.95. The van der Waals surface area contributed by atoms with Crippen LogP contribution in [0.1, 0.15) is 39.0 Å². The second-order valence-electron chi connectivity index (χ2n) is 6.38. The summed E-state index contributed by atoms with van der Waals surface area (Å²) in [4.78, 5) is 23.3. The fourth-order valence-electron chi connectivity index (χ4n) is 3.01. The van der Waals surface area contributed by atoms with Crippen LogP contribution in [0, 0.1) is 11.8 Å². The molecule has 1 aliphatic rings.